The second-order valence-corrected chi connectivity index (χ2v) is 4.23. The van der Waals surface area contributed by atoms with Crippen molar-refractivity contribution in [2.75, 3.05) is 13.6 Å². The first-order chi connectivity index (χ1) is 8.56. The van der Waals surface area contributed by atoms with Crippen LogP contribution in [0, 0.1) is 5.82 Å². The van der Waals surface area contributed by atoms with Gasteiger partial charge in [-0.2, -0.15) is 0 Å². The van der Waals surface area contributed by atoms with E-state index in [0.29, 0.717) is 12.1 Å². The summed E-state index contributed by atoms with van der Waals surface area (Å²) in [6.45, 7) is 0.584. The first kappa shape index (κ1) is 12.3. The summed E-state index contributed by atoms with van der Waals surface area (Å²) >= 11 is 0. The van der Waals surface area contributed by atoms with Gasteiger partial charge in [0.1, 0.15) is 11.9 Å². The number of nitrogens with one attached hydrogen (secondary N) is 2. The van der Waals surface area contributed by atoms with Crippen LogP contribution < -0.4 is 10.6 Å². The molecule has 0 bridgehead atoms. The molecule has 6 heteroatoms. The highest BCUT2D eigenvalue weighted by molar-refractivity contribution is 5.90. The van der Waals surface area contributed by atoms with Crippen molar-refractivity contribution >= 4 is 11.9 Å². The van der Waals surface area contributed by atoms with Crippen LogP contribution in [0.3, 0.4) is 0 Å². The lowest BCUT2D eigenvalue weighted by Crippen LogP contribution is -2.42. The van der Waals surface area contributed by atoms with Gasteiger partial charge in [-0.05, 0) is 17.7 Å². The SMILES string of the molecule is CN1CC(C(=O)NCc2cccc(F)c2)NC1=O. The molecule has 1 aliphatic rings. The zero-order chi connectivity index (χ0) is 13.1. The van der Waals surface area contributed by atoms with Crippen molar-refractivity contribution < 1.29 is 14.0 Å². The highest BCUT2D eigenvalue weighted by Crippen LogP contribution is 2.04. The average Bonchev–Trinajstić information content (AvgIpc) is 2.67. The predicted molar refractivity (Wildman–Crippen MR) is 63.2 cm³/mol. The Kier molecular flexibility index (Phi) is 3.45. The number of amides is 3. The maximum Gasteiger partial charge on any atom is 0.317 e. The van der Waals surface area contributed by atoms with E-state index in [1.165, 1.54) is 17.0 Å². The minimum absolute atomic E-state index is 0.243. The van der Waals surface area contributed by atoms with Gasteiger partial charge in [0.25, 0.3) is 0 Å². The molecule has 18 heavy (non-hydrogen) atoms. The van der Waals surface area contributed by atoms with Gasteiger partial charge in [-0.3, -0.25) is 4.79 Å². The molecular weight excluding hydrogens is 237 g/mol. The number of carbonyl (C=O) groups excluding carboxylic acids is 2. The summed E-state index contributed by atoms with van der Waals surface area (Å²) in [5, 5.41) is 5.21. The van der Waals surface area contributed by atoms with Gasteiger partial charge in [-0.25, -0.2) is 9.18 Å². The Bertz CT molecular complexity index is 478. The van der Waals surface area contributed by atoms with Crippen molar-refractivity contribution in [3.8, 4) is 0 Å². The number of halogens is 1. The van der Waals surface area contributed by atoms with Crippen LogP contribution in [0.25, 0.3) is 0 Å². The quantitative estimate of drug-likeness (QED) is 0.820. The fraction of sp³-hybridized carbons (Fsp3) is 0.333. The van der Waals surface area contributed by atoms with Crippen molar-refractivity contribution in [2.45, 2.75) is 12.6 Å². The topological polar surface area (TPSA) is 61.4 Å². The second-order valence-electron chi connectivity index (χ2n) is 4.23. The third kappa shape index (κ3) is 2.77. The molecule has 1 aliphatic heterocycles. The Morgan fingerprint density at radius 3 is 3.00 bits per heavy atom. The first-order valence-corrected chi connectivity index (χ1v) is 5.60. The maximum atomic E-state index is 12.9. The molecule has 2 rings (SSSR count). The Morgan fingerprint density at radius 1 is 1.61 bits per heavy atom. The molecule has 0 aliphatic carbocycles. The van der Waals surface area contributed by atoms with E-state index in [-0.39, 0.29) is 24.3 Å². The van der Waals surface area contributed by atoms with Gasteiger partial charge in [0.2, 0.25) is 5.91 Å². The summed E-state index contributed by atoms with van der Waals surface area (Å²) in [5.74, 6) is -0.604. The summed E-state index contributed by atoms with van der Waals surface area (Å²) in [6.07, 6.45) is 0. The summed E-state index contributed by atoms with van der Waals surface area (Å²) < 4.78 is 12.9. The van der Waals surface area contributed by atoms with Crippen LogP contribution in [0.1, 0.15) is 5.56 Å². The molecule has 1 saturated heterocycles. The van der Waals surface area contributed by atoms with Gasteiger partial charge in [-0.15, -0.1) is 0 Å². The zero-order valence-electron chi connectivity index (χ0n) is 9.94. The molecule has 0 saturated carbocycles. The molecule has 0 radical (unpaired) electrons. The summed E-state index contributed by atoms with van der Waals surface area (Å²) in [7, 11) is 1.62. The van der Waals surface area contributed by atoms with E-state index >= 15 is 0 Å². The molecule has 1 fully saturated rings. The van der Waals surface area contributed by atoms with E-state index in [1.807, 2.05) is 0 Å². The van der Waals surface area contributed by atoms with Gasteiger partial charge in [0.05, 0.1) is 6.54 Å². The molecule has 1 heterocycles. The number of urea groups is 1. The number of hydrogen-bond acceptors (Lipinski definition) is 2. The number of rotatable bonds is 3. The van der Waals surface area contributed by atoms with Gasteiger partial charge < -0.3 is 15.5 Å². The number of nitrogens with zero attached hydrogens (tertiary/aromatic N) is 1. The Hall–Kier alpha value is -2.11. The summed E-state index contributed by atoms with van der Waals surface area (Å²) in [5.41, 5.74) is 0.682. The number of benzene rings is 1. The smallest absolute Gasteiger partial charge is 0.317 e. The van der Waals surface area contributed by atoms with Gasteiger partial charge in [0, 0.05) is 13.6 Å². The molecule has 2 N–H and O–H groups in total. The van der Waals surface area contributed by atoms with E-state index in [2.05, 4.69) is 10.6 Å². The average molecular weight is 251 g/mol. The maximum absolute atomic E-state index is 12.9. The Balaban J connectivity index is 1.87. The molecule has 0 spiro atoms. The first-order valence-electron chi connectivity index (χ1n) is 5.60. The van der Waals surface area contributed by atoms with E-state index in [4.69, 9.17) is 0 Å². The van der Waals surface area contributed by atoms with E-state index in [1.54, 1.807) is 19.2 Å². The highest BCUT2D eigenvalue weighted by Gasteiger charge is 2.30. The number of likely N-dealkylation sites (N-methyl/N-ethyl adjacent to an activating group) is 1. The van der Waals surface area contributed by atoms with Crippen LogP contribution >= 0.6 is 0 Å². The molecule has 5 nitrogen and oxygen atoms in total. The predicted octanol–water partition coefficient (Wildman–Crippen LogP) is 0.466. The highest BCUT2D eigenvalue weighted by atomic mass is 19.1. The number of carbonyl (C=O) groups is 2. The van der Waals surface area contributed by atoms with Crippen molar-refractivity contribution in [2.24, 2.45) is 0 Å². The van der Waals surface area contributed by atoms with Crippen LogP contribution in [0.15, 0.2) is 24.3 Å². The summed E-state index contributed by atoms with van der Waals surface area (Å²) in [4.78, 5) is 24.4. The van der Waals surface area contributed by atoms with Crippen molar-refractivity contribution in [1.82, 2.24) is 15.5 Å². The lowest BCUT2D eigenvalue weighted by molar-refractivity contribution is -0.122. The van der Waals surface area contributed by atoms with Crippen LogP contribution in [0.4, 0.5) is 9.18 Å². The normalized spacial score (nSPS) is 18.7. The third-order valence-electron chi connectivity index (χ3n) is 2.77. The lowest BCUT2D eigenvalue weighted by Gasteiger charge is -2.10. The van der Waals surface area contributed by atoms with Crippen molar-refractivity contribution in [1.29, 1.82) is 0 Å². The van der Waals surface area contributed by atoms with E-state index < -0.39 is 6.04 Å². The third-order valence-corrected chi connectivity index (χ3v) is 2.77. The fourth-order valence-electron chi connectivity index (χ4n) is 1.77. The standard InChI is InChI=1S/C12H14FN3O2/c1-16-7-10(15-12(16)18)11(17)14-6-8-3-2-4-9(13)5-8/h2-5,10H,6-7H2,1H3,(H,14,17)(H,15,18). The zero-order valence-corrected chi connectivity index (χ0v) is 9.94. The molecule has 3 amide bonds. The van der Waals surface area contributed by atoms with Crippen LogP contribution in [0.5, 0.6) is 0 Å². The van der Waals surface area contributed by atoms with Gasteiger partial charge >= 0.3 is 6.03 Å². The molecule has 1 aromatic rings. The number of hydrogen-bond donors (Lipinski definition) is 2. The Morgan fingerprint density at radius 2 is 2.39 bits per heavy atom. The molecule has 1 unspecified atom stereocenters. The molecule has 1 atom stereocenters. The van der Waals surface area contributed by atoms with Gasteiger partial charge in [-0.1, -0.05) is 12.1 Å². The Labute approximate surface area is 104 Å². The van der Waals surface area contributed by atoms with E-state index in [0.717, 1.165) is 0 Å². The van der Waals surface area contributed by atoms with Crippen molar-refractivity contribution in [3.05, 3.63) is 35.6 Å². The molecule has 0 aromatic heterocycles. The van der Waals surface area contributed by atoms with Crippen molar-refractivity contribution in [3.63, 3.8) is 0 Å². The lowest BCUT2D eigenvalue weighted by atomic mass is 10.2. The van der Waals surface area contributed by atoms with Gasteiger partial charge in [0.15, 0.2) is 0 Å². The second kappa shape index (κ2) is 5.03. The minimum Gasteiger partial charge on any atom is -0.350 e. The minimum atomic E-state index is -0.545. The fourth-order valence-corrected chi connectivity index (χ4v) is 1.77. The largest absolute Gasteiger partial charge is 0.350 e. The van der Waals surface area contributed by atoms with E-state index in [9.17, 15) is 14.0 Å². The van der Waals surface area contributed by atoms with Crippen LogP contribution in [-0.4, -0.2) is 36.5 Å². The molecule has 96 valence electrons. The summed E-state index contributed by atoms with van der Waals surface area (Å²) in [6, 6.07) is 5.21. The monoisotopic (exact) mass is 251 g/mol. The van der Waals surface area contributed by atoms with Crippen LogP contribution in [-0.2, 0) is 11.3 Å². The molecule has 1 aromatic carbocycles. The van der Waals surface area contributed by atoms with Crippen LogP contribution in [0.2, 0.25) is 0 Å². The molecular formula is C12H14FN3O2.